The van der Waals surface area contributed by atoms with E-state index in [1.165, 1.54) is 6.42 Å². The Kier molecular flexibility index (Phi) is 4.02. The van der Waals surface area contributed by atoms with Crippen molar-refractivity contribution in [3.63, 3.8) is 0 Å². The Labute approximate surface area is 114 Å². The summed E-state index contributed by atoms with van der Waals surface area (Å²) in [5.41, 5.74) is 1.22. The van der Waals surface area contributed by atoms with Gasteiger partial charge >= 0.3 is 0 Å². The molecule has 1 N–H and O–H groups in total. The van der Waals surface area contributed by atoms with Crippen molar-refractivity contribution in [3.8, 4) is 0 Å². The Balaban J connectivity index is 2.16. The van der Waals surface area contributed by atoms with E-state index in [-0.39, 0.29) is 0 Å². The summed E-state index contributed by atoms with van der Waals surface area (Å²) in [5, 5.41) is 15.8. The van der Waals surface area contributed by atoms with Gasteiger partial charge in [-0.05, 0) is 25.7 Å². The van der Waals surface area contributed by atoms with E-state index in [1.54, 1.807) is 0 Å². The Hall–Kier alpha value is -0.540. The summed E-state index contributed by atoms with van der Waals surface area (Å²) in [4.78, 5) is 0. The van der Waals surface area contributed by atoms with Gasteiger partial charge in [0.1, 0.15) is 0 Å². The van der Waals surface area contributed by atoms with E-state index in [2.05, 4.69) is 12.0 Å². The van der Waals surface area contributed by atoms with Gasteiger partial charge in [-0.15, -0.1) is 0 Å². The van der Waals surface area contributed by atoms with Gasteiger partial charge in [0.25, 0.3) is 0 Å². The summed E-state index contributed by atoms with van der Waals surface area (Å²) in [6, 6.07) is 0. The molecular weight excluding hydrogens is 248 g/mol. The lowest BCUT2D eigenvalue weighted by molar-refractivity contribution is -0.0175. The van der Waals surface area contributed by atoms with Crippen LogP contribution in [0.3, 0.4) is 0 Å². The smallest absolute Gasteiger partial charge is 0.0848 e. The summed E-state index contributed by atoms with van der Waals surface area (Å²) in [5.74, 6) is 0.650. The molecule has 0 bridgehead atoms. The Morgan fingerprint density at radius 2 is 2.28 bits per heavy atom. The monoisotopic (exact) mass is 270 g/mol. The van der Waals surface area contributed by atoms with E-state index >= 15 is 0 Å². The van der Waals surface area contributed by atoms with Crippen LogP contribution >= 0.6 is 11.6 Å². The first-order chi connectivity index (χ1) is 8.45. The fourth-order valence-corrected chi connectivity index (χ4v) is 3.38. The van der Waals surface area contributed by atoms with Crippen LogP contribution in [0.15, 0.2) is 0 Å². The standard InChI is InChI=1S/C14H23ClN2O/c1-4-11-6-5-7-14(18,8-11)9-12-13(15)10(2)16-17(12)3/h11,18H,4-9H2,1-3H3. The number of hydrogen-bond acceptors (Lipinski definition) is 2. The van der Waals surface area contributed by atoms with Gasteiger partial charge in [0.2, 0.25) is 0 Å². The number of aliphatic hydroxyl groups is 1. The molecule has 0 spiro atoms. The molecule has 0 aromatic carbocycles. The summed E-state index contributed by atoms with van der Waals surface area (Å²) in [6.07, 6.45) is 5.91. The first-order valence-corrected chi connectivity index (χ1v) is 7.23. The lowest BCUT2D eigenvalue weighted by atomic mass is 9.75. The van der Waals surface area contributed by atoms with Crippen LogP contribution in [-0.2, 0) is 13.5 Å². The highest BCUT2D eigenvalue weighted by Gasteiger charge is 2.35. The maximum absolute atomic E-state index is 10.8. The first kappa shape index (κ1) is 13.9. The van der Waals surface area contributed by atoms with Crippen LogP contribution in [0.4, 0.5) is 0 Å². The van der Waals surface area contributed by atoms with Gasteiger partial charge in [-0.3, -0.25) is 4.68 Å². The van der Waals surface area contributed by atoms with Crippen LogP contribution in [0.25, 0.3) is 0 Å². The second kappa shape index (κ2) is 5.22. The van der Waals surface area contributed by atoms with E-state index in [0.29, 0.717) is 17.4 Å². The number of nitrogens with zero attached hydrogens (tertiary/aromatic N) is 2. The second-order valence-electron chi connectivity index (χ2n) is 5.74. The summed E-state index contributed by atoms with van der Waals surface area (Å²) in [6.45, 7) is 4.11. The maximum atomic E-state index is 10.8. The Bertz CT molecular complexity index is 430. The molecule has 4 heteroatoms. The highest BCUT2D eigenvalue weighted by Crippen LogP contribution is 2.37. The van der Waals surface area contributed by atoms with Crippen molar-refractivity contribution in [1.82, 2.24) is 9.78 Å². The normalized spacial score (nSPS) is 28.6. The molecule has 2 rings (SSSR count). The van der Waals surface area contributed by atoms with Gasteiger partial charge in [0, 0.05) is 13.5 Å². The minimum atomic E-state index is -0.594. The number of aromatic nitrogens is 2. The average Bonchev–Trinajstić information content (AvgIpc) is 2.56. The van der Waals surface area contributed by atoms with Gasteiger partial charge in [0.15, 0.2) is 0 Å². The third-order valence-corrected chi connectivity index (χ3v) is 4.75. The number of rotatable bonds is 3. The van der Waals surface area contributed by atoms with Crippen molar-refractivity contribution in [2.75, 3.05) is 0 Å². The predicted molar refractivity (Wildman–Crippen MR) is 73.9 cm³/mol. The van der Waals surface area contributed by atoms with Crippen molar-refractivity contribution in [2.24, 2.45) is 13.0 Å². The van der Waals surface area contributed by atoms with Crippen molar-refractivity contribution in [3.05, 3.63) is 16.4 Å². The van der Waals surface area contributed by atoms with Gasteiger partial charge in [-0.25, -0.2) is 0 Å². The molecule has 1 aliphatic rings. The SMILES string of the molecule is CCC1CCCC(O)(Cc2c(Cl)c(C)nn2C)C1. The van der Waals surface area contributed by atoms with E-state index in [4.69, 9.17) is 11.6 Å². The van der Waals surface area contributed by atoms with Gasteiger partial charge in [0.05, 0.1) is 22.0 Å². The molecule has 1 aromatic rings. The lowest BCUT2D eigenvalue weighted by Crippen LogP contribution is -2.38. The largest absolute Gasteiger partial charge is 0.389 e. The quantitative estimate of drug-likeness (QED) is 0.916. The molecular formula is C14H23ClN2O. The van der Waals surface area contributed by atoms with Crippen molar-refractivity contribution < 1.29 is 5.11 Å². The molecule has 2 atom stereocenters. The highest BCUT2D eigenvalue weighted by molar-refractivity contribution is 6.31. The van der Waals surface area contributed by atoms with Crippen LogP contribution in [0.5, 0.6) is 0 Å². The van der Waals surface area contributed by atoms with E-state index in [0.717, 1.165) is 37.1 Å². The third-order valence-electron chi connectivity index (χ3n) is 4.26. The molecule has 0 aliphatic heterocycles. The van der Waals surface area contributed by atoms with Crippen LogP contribution in [-0.4, -0.2) is 20.5 Å². The number of halogens is 1. The number of hydrogen-bond donors (Lipinski definition) is 1. The molecule has 102 valence electrons. The molecule has 3 nitrogen and oxygen atoms in total. The zero-order valence-corrected chi connectivity index (χ0v) is 12.3. The molecule has 1 fully saturated rings. The third kappa shape index (κ3) is 2.72. The fraction of sp³-hybridized carbons (Fsp3) is 0.786. The highest BCUT2D eigenvalue weighted by atomic mass is 35.5. The Morgan fingerprint density at radius 3 is 2.83 bits per heavy atom. The van der Waals surface area contributed by atoms with Gasteiger partial charge in [-0.1, -0.05) is 37.8 Å². The summed E-state index contributed by atoms with van der Waals surface area (Å²) >= 11 is 6.27. The van der Waals surface area contributed by atoms with Crippen LogP contribution in [0, 0.1) is 12.8 Å². The van der Waals surface area contributed by atoms with Crippen LogP contribution < -0.4 is 0 Å². The van der Waals surface area contributed by atoms with Crippen LogP contribution in [0.2, 0.25) is 5.02 Å². The van der Waals surface area contributed by atoms with Crippen LogP contribution in [0.1, 0.15) is 50.4 Å². The average molecular weight is 271 g/mol. The molecule has 0 radical (unpaired) electrons. The van der Waals surface area contributed by atoms with E-state index in [9.17, 15) is 5.11 Å². The first-order valence-electron chi connectivity index (χ1n) is 6.85. The van der Waals surface area contributed by atoms with Crippen molar-refractivity contribution in [2.45, 2.75) is 58.0 Å². The topological polar surface area (TPSA) is 38.1 Å². The van der Waals surface area contributed by atoms with E-state index < -0.39 is 5.60 Å². The molecule has 1 aromatic heterocycles. The number of aryl methyl sites for hydroxylation is 2. The lowest BCUT2D eigenvalue weighted by Gasteiger charge is -2.36. The summed E-state index contributed by atoms with van der Waals surface area (Å²) < 4.78 is 1.81. The molecule has 0 amide bonds. The van der Waals surface area contributed by atoms with Crippen molar-refractivity contribution in [1.29, 1.82) is 0 Å². The minimum absolute atomic E-state index is 0.594. The molecule has 1 saturated carbocycles. The molecule has 18 heavy (non-hydrogen) atoms. The maximum Gasteiger partial charge on any atom is 0.0848 e. The van der Waals surface area contributed by atoms with E-state index in [1.807, 2.05) is 18.7 Å². The fourth-order valence-electron chi connectivity index (χ4n) is 3.15. The van der Waals surface area contributed by atoms with Crippen molar-refractivity contribution >= 4 is 11.6 Å². The summed E-state index contributed by atoms with van der Waals surface area (Å²) in [7, 11) is 1.90. The second-order valence-corrected chi connectivity index (χ2v) is 6.12. The van der Waals surface area contributed by atoms with Gasteiger partial charge in [-0.2, -0.15) is 5.10 Å². The molecule has 1 aliphatic carbocycles. The molecule has 1 heterocycles. The zero-order chi connectivity index (χ0) is 13.3. The molecule has 2 unspecified atom stereocenters. The zero-order valence-electron chi connectivity index (χ0n) is 11.5. The predicted octanol–water partition coefficient (Wildman–Crippen LogP) is 3.26. The minimum Gasteiger partial charge on any atom is -0.389 e. The van der Waals surface area contributed by atoms with Gasteiger partial charge < -0.3 is 5.11 Å². The Morgan fingerprint density at radius 1 is 1.56 bits per heavy atom. The molecule has 0 saturated heterocycles.